The van der Waals surface area contributed by atoms with E-state index >= 15 is 0 Å². The molecule has 14 heavy (non-hydrogen) atoms. The average molecular weight is 272 g/mol. The Hall–Kier alpha value is -0.940. The number of hydrogen-bond donors (Lipinski definition) is 0. The van der Waals surface area contributed by atoms with E-state index < -0.39 is 8.27 Å². The molecule has 0 aliphatic carbocycles. The molecule has 2 aromatic rings. The zero-order valence-electron chi connectivity index (χ0n) is 7.01. The minimum absolute atomic E-state index is 0.0381. The molecule has 3 nitrogen and oxygen atoms in total. The van der Waals surface area contributed by atoms with Crippen LogP contribution in [0.1, 0.15) is 0 Å². The summed E-state index contributed by atoms with van der Waals surface area (Å²) in [6, 6.07) is 10.6. The molecule has 1 aromatic carbocycles. The van der Waals surface area contributed by atoms with Gasteiger partial charge in [0.25, 0.3) is 8.27 Å². The maximum Gasteiger partial charge on any atom is 0.254 e. The van der Waals surface area contributed by atoms with Gasteiger partial charge >= 0.3 is 0 Å². The van der Waals surface area contributed by atoms with Crippen molar-refractivity contribution in [3.63, 3.8) is 0 Å². The normalized spacial score (nSPS) is 11.8. The monoisotopic (exact) mass is 271 g/mol. The van der Waals surface area contributed by atoms with E-state index in [2.05, 4.69) is 19.8 Å². The van der Waals surface area contributed by atoms with E-state index in [9.17, 15) is 8.42 Å². The van der Waals surface area contributed by atoms with Gasteiger partial charge in [0.15, 0.2) is 5.03 Å². The molecule has 5 heteroatoms. The van der Waals surface area contributed by atoms with Crippen LogP contribution in [0.4, 0.5) is 0 Å². The predicted molar refractivity (Wildman–Crippen MR) is 57.9 cm³/mol. The van der Waals surface area contributed by atoms with Gasteiger partial charge in [-0.3, -0.25) is 0 Å². The van der Waals surface area contributed by atoms with Crippen LogP contribution in [-0.2, 0) is 8.27 Å². The van der Waals surface area contributed by atoms with Gasteiger partial charge in [0.05, 0.1) is 20.3 Å². The summed E-state index contributed by atoms with van der Waals surface area (Å²) in [5.41, 5.74) is 0.674. The van der Waals surface area contributed by atoms with E-state index in [1.165, 1.54) is 6.07 Å². The molecule has 0 fully saturated rings. The number of pyridine rings is 1. The van der Waals surface area contributed by atoms with Crippen LogP contribution >= 0.6 is 14.8 Å². The fraction of sp³-hybridized carbons (Fsp3) is 0. The standard InChI is InChI=1S/C9H6BrNO2S/c10-14(12,13)9-6-5-7-3-1-2-4-8(7)11-9/h1-6H. The highest BCUT2D eigenvalue weighted by Crippen LogP contribution is 2.18. The third kappa shape index (κ3) is 1.78. The first kappa shape index (κ1) is 9.61. The second-order valence-electron chi connectivity index (χ2n) is 2.78. The van der Waals surface area contributed by atoms with E-state index in [0.29, 0.717) is 5.52 Å². The minimum Gasteiger partial charge on any atom is -0.235 e. The Bertz CT molecular complexity index is 580. The van der Waals surface area contributed by atoms with Crippen LogP contribution in [-0.4, -0.2) is 13.4 Å². The van der Waals surface area contributed by atoms with E-state index in [-0.39, 0.29) is 5.03 Å². The van der Waals surface area contributed by atoms with Crippen LogP contribution in [0.15, 0.2) is 41.4 Å². The largest absolute Gasteiger partial charge is 0.254 e. The number of rotatable bonds is 1. The van der Waals surface area contributed by atoms with Gasteiger partial charge in [0.1, 0.15) is 0 Å². The number of hydrogen-bond acceptors (Lipinski definition) is 3. The Kier molecular flexibility index (Phi) is 2.28. The molecule has 0 saturated heterocycles. The quantitative estimate of drug-likeness (QED) is 0.748. The number of halogens is 1. The van der Waals surface area contributed by atoms with Crippen molar-refractivity contribution < 1.29 is 8.42 Å². The lowest BCUT2D eigenvalue weighted by molar-refractivity contribution is 0.608. The Balaban J connectivity index is 2.75. The number of fused-ring (bicyclic) bond motifs is 1. The highest BCUT2D eigenvalue weighted by molar-refractivity contribution is 9.47. The molecule has 72 valence electrons. The van der Waals surface area contributed by atoms with Crippen LogP contribution < -0.4 is 0 Å². The van der Waals surface area contributed by atoms with Crippen molar-refractivity contribution >= 4 is 34.0 Å². The van der Waals surface area contributed by atoms with Gasteiger partial charge in [-0.1, -0.05) is 18.2 Å². The second kappa shape index (κ2) is 3.33. The lowest BCUT2D eigenvalue weighted by Gasteiger charge is -1.98. The summed E-state index contributed by atoms with van der Waals surface area (Å²) in [5, 5.41) is 0.962. The number of aromatic nitrogens is 1. The highest BCUT2D eigenvalue weighted by Gasteiger charge is 2.10. The maximum absolute atomic E-state index is 11.1. The highest BCUT2D eigenvalue weighted by atomic mass is 79.9. The van der Waals surface area contributed by atoms with Crippen molar-refractivity contribution in [3.05, 3.63) is 36.4 Å². The van der Waals surface area contributed by atoms with Gasteiger partial charge in [-0.25, -0.2) is 13.4 Å². The van der Waals surface area contributed by atoms with E-state index in [1.54, 1.807) is 12.1 Å². The number of nitrogens with zero attached hydrogens (tertiary/aromatic N) is 1. The summed E-state index contributed by atoms with van der Waals surface area (Å²) < 4.78 is 22.3. The van der Waals surface area contributed by atoms with Gasteiger partial charge in [0, 0.05) is 5.39 Å². The molecule has 0 atom stereocenters. The van der Waals surface area contributed by atoms with Crippen LogP contribution in [0, 0.1) is 0 Å². The Morgan fingerprint density at radius 2 is 1.79 bits per heavy atom. The van der Waals surface area contributed by atoms with Gasteiger partial charge in [-0.05, 0) is 18.2 Å². The molecule has 0 aliphatic heterocycles. The SMILES string of the molecule is O=S(=O)(Br)c1ccc2ccccc2n1. The topological polar surface area (TPSA) is 47.0 Å². The smallest absolute Gasteiger partial charge is 0.235 e. The van der Waals surface area contributed by atoms with Crippen molar-refractivity contribution in [3.8, 4) is 0 Å². The van der Waals surface area contributed by atoms with Gasteiger partial charge in [-0.15, -0.1) is 0 Å². The molecule has 0 saturated carbocycles. The maximum atomic E-state index is 11.1. The minimum atomic E-state index is -3.39. The van der Waals surface area contributed by atoms with Crippen molar-refractivity contribution in [2.75, 3.05) is 0 Å². The summed E-state index contributed by atoms with van der Waals surface area (Å²) in [6.07, 6.45) is 0. The van der Waals surface area contributed by atoms with Crippen LogP contribution in [0.25, 0.3) is 10.9 Å². The summed E-state index contributed by atoms with van der Waals surface area (Å²) >= 11 is 2.58. The fourth-order valence-corrected chi connectivity index (χ4v) is 2.16. The third-order valence-electron chi connectivity index (χ3n) is 1.82. The Labute approximate surface area is 88.9 Å². The van der Waals surface area contributed by atoms with E-state index in [1.807, 2.05) is 18.2 Å². The molecule has 0 aliphatic rings. The molecule has 1 heterocycles. The van der Waals surface area contributed by atoms with Crippen LogP contribution in [0.5, 0.6) is 0 Å². The molecule has 0 radical (unpaired) electrons. The van der Waals surface area contributed by atoms with Gasteiger partial charge < -0.3 is 0 Å². The van der Waals surface area contributed by atoms with Gasteiger partial charge in [-0.2, -0.15) is 0 Å². The predicted octanol–water partition coefficient (Wildman–Crippen LogP) is 2.32. The molecular formula is C9H6BrNO2S. The first-order valence-corrected chi connectivity index (χ1v) is 7.20. The molecule has 0 spiro atoms. The van der Waals surface area contributed by atoms with Crippen molar-refractivity contribution in [2.24, 2.45) is 0 Å². The van der Waals surface area contributed by atoms with Gasteiger partial charge in [0.2, 0.25) is 0 Å². The summed E-state index contributed by atoms with van der Waals surface area (Å²) in [6.45, 7) is 0. The first-order valence-electron chi connectivity index (χ1n) is 3.88. The van der Waals surface area contributed by atoms with Crippen molar-refractivity contribution in [1.82, 2.24) is 4.98 Å². The summed E-state index contributed by atoms with van der Waals surface area (Å²) in [4.78, 5) is 4.01. The molecule has 2 rings (SSSR count). The number of para-hydroxylation sites is 1. The zero-order valence-corrected chi connectivity index (χ0v) is 9.42. The van der Waals surface area contributed by atoms with Crippen molar-refractivity contribution in [2.45, 2.75) is 5.03 Å². The van der Waals surface area contributed by atoms with E-state index in [4.69, 9.17) is 0 Å². The first-order chi connectivity index (χ1) is 6.57. The van der Waals surface area contributed by atoms with E-state index in [0.717, 1.165) is 5.39 Å². The lowest BCUT2D eigenvalue weighted by Crippen LogP contribution is -1.93. The fourth-order valence-electron chi connectivity index (χ4n) is 1.18. The molecule has 0 unspecified atom stereocenters. The van der Waals surface area contributed by atoms with Crippen LogP contribution in [0.3, 0.4) is 0 Å². The molecule has 0 N–H and O–H groups in total. The Morgan fingerprint density at radius 3 is 2.50 bits per heavy atom. The summed E-state index contributed by atoms with van der Waals surface area (Å²) in [5.74, 6) is 0. The molecule has 1 aromatic heterocycles. The Morgan fingerprint density at radius 1 is 1.07 bits per heavy atom. The molecule has 0 amide bonds. The van der Waals surface area contributed by atoms with Crippen LogP contribution in [0.2, 0.25) is 0 Å². The third-order valence-corrected chi connectivity index (χ3v) is 3.54. The number of benzene rings is 1. The van der Waals surface area contributed by atoms with Crippen molar-refractivity contribution in [1.29, 1.82) is 0 Å². The average Bonchev–Trinajstić information content (AvgIpc) is 2.16. The second-order valence-corrected chi connectivity index (χ2v) is 6.63. The zero-order chi connectivity index (χ0) is 10.2. The molecular weight excluding hydrogens is 266 g/mol. The summed E-state index contributed by atoms with van der Waals surface area (Å²) in [7, 11) is -3.39. The lowest BCUT2D eigenvalue weighted by atomic mass is 10.2. The molecule has 0 bridgehead atoms.